The average Bonchev–Trinajstić information content (AvgIpc) is 2.30. The van der Waals surface area contributed by atoms with Gasteiger partial charge in [-0.2, -0.15) is 0 Å². The molecule has 0 spiro atoms. The Morgan fingerprint density at radius 2 is 1.94 bits per heavy atom. The minimum absolute atomic E-state index is 0.0191. The van der Waals surface area contributed by atoms with Gasteiger partial charge in [-0.3, -0.25) is 4.79 Å². The summed E-state index contributed by atoms with van der Waals surface area (Å²) in [6.45, 7) is 4.10. The van der Waals surface area contributed by atoms with Crippen LogP contribution in [0.4, 0.5) is 0 Å². The predicted octanol–water partition coefficient (Wildman–Crippen LogP) is 1.60. The Kier molecular flexibility index (Phi) is 5.49. The van der Waals surface area contributed by atoms with Crippen molar-refractivity contribution in [3.05, 3.63) is 30.3 Å². The quantitative estimate of drug-likeness (QED) is 0.817. The summed E-state index contributed by atoms with van der Waals surface area (Å²) < 4.78 is 10.4. The Morgan fingerprint density at radius 1 is 1.29 bits per heavy atom. The van der Waals surface area contributed by atoms with Gasteiger partial charge in [-0.05, 0) is 26.0 Å². The van der Waals surface area contributed by atoms with Crippen LogP contribution in [-0.4, -0.2) is 31.8 Å². The molecule has 0 saturated heterocycles. The first-order valence-corrected chi connectivity index (χ1v) is 5.64. The maximum Gasteiger partial charge on any atom is 0.261 e. The SMILES string of the molecule is COC[C@H](C)NC(=O)[C@@H](C)Oc1ccccc1. The second-order valence-electron chi connectivity index (χ2n) is 3.94. The molecule has 0 aliphatic heterocycles. The van der Waals surface area contributed by atoms with Crippen molar-refractivity contribution in [1.82, 2.24) is 5.32 Å². The molecule has 0 heterocycles. The van der Waals surface area contributed by atoms with E-state index in [4.69, 9.17) is 9.47 Å². The van der Waals surface area contributed by atoms with Gasteiger partial charge in [-0.15, -0.1) is 0 Å². The number of benzene rings is 1. The van der Waals surface area contributed by atoms with E-state index in [1.54, 1.807) is 14.0 Å². The smallest absolute Gasteiger partial charge is 0.261 e. The topological polar surface area (TPSA) is 47.6 Å². The number of para-hydroxylation sites is 1. The maximum absolute atomic E-state index is 11.7. The number of hydrogen-bond acceptors (Lipinski definition) is 3. The van der Waals surface area contributed by atoms with Crippen molar-refractivity contribution in [1.29, 1.82) is 0 Å². The molecular weight excluding hydrogens is 218 g/mol. The van der Waals surface area contributed by atoms with Crippen molar-refractivity contribution in [2.45, 2.75) is 26.0 Å². The summed E-state index contributed by atoms with van der Waals surface area (Å²) in [6, 6.07) is 9.26. The fourth-order valence-electron chi connectivity index (χ4n) is 1.41. The fraction of sp³-hybridized carbons (Fsp3) is 0.462. The third kappa shape index (κ3) is 4.87. The van der Waals surface area contributed by atoms with Crippen molar-refractivity contribution in [3.63, 3.8) is 0 Å². The Bertz CT molecular complexity index is 340. The molecule has 17 heavy (non-hydrogen) atoms. The minimum atomic E-state index is -0.517. The fourth-order valence-corrected chi connectivity index (χ4v) is 1.41. The van der Waals surface area contributed by atoms with Crippen LogP contribution in [-0.2, 0) is 9.53 Å². The molecule has 4 heteroatoms. The van der Waals surface area contributed by atoms with Crippen molar-refractivity contribution in [2.24, 2.45) is 0 Å². The molecule has 2 atom stereocenters. The summed E-state index contributed by atoms with van der Waals surface area (Å²) in [5.74, 6) is 0.549. The highest BCUT2D eigenvalue weighted by Crippen LogP contribution is 2.10. The standard InChI is InChI=1S/C13H19NO3/c1-10(9-16-3)14-13(15)11(2)17-12-7-5-4-6-8-12/h4-8,10-11H,9H2,1-3H3,(H,14,15)/t10-,11+/m0/s1. The van der Waals surface area contributed by atoms with Gasteiger partial charge in [0.1, 0.15) is 5.75 Å². The zero-order valence-corrected chi connectivity index (χ0v) is 10.5. The molecule has 0 radical (unpaired) electrons. The van der Waals surface area contributed by atoms with Gasteiger partial charge in [-0.25, -0.2) is 0 Å². The normalized spacial score (nSPS) is 13.8. The molecule has 1 rings (SSSR count). The van der Waals surface area contributed by atoms with Crippen LogP contribution >= 0.6 is 0 Å². The van der Waals surface area contributed by atoms with Gasteiger partial charge in [0.25, 0.3) is 5.91 Å². The third-order valence-electron chi connectivity index (χ3n) is 2.23. The van der Waals surface area contributed by atoms with Crippen molar-refractivity contribution in [3.8, 4) is 5.75 Å². The minimum Gasteiger partial charge on any atom is -0.481 e. The summed E-state index contributed by atoms with van der Waals surface area (Å²) in [5, 5.41) is 2.81. The number of rotatable bonds is 6. The number of carbonyl (C=O) groups is 1. The molecule has 1 aromatic rings. The second-order valence-corrected chi connectivity index (χ2v) is 3.94. The van der Waals surface area contributed by atoms with E-state index in [0.29, 0.717) is 12.4 Å². The monoisotopic (exact) mass is 237 g/mol. The van der Waals surface area contributed by atoms with Crippen LogP contribution in [0.3, 0.4) is 0 Å². The van der Waals surface area contributed by atoms with E-state index in [1.807, 2.05) is 37.3 Å². The second kappa shape index (κ2) is 6.91. The molecule has 0 fully saturated rings. The van der Waals surface area contributed by atoms with Gasteiger partial charge in [0.05, 0.1) is 6.61 Å². The van der Waals surface area contributed by atoms with Crippen LogP contribution in [0.25, 0.3) is 0 Å². The third-order valence-corrected chi connectivity index (χ3v) is 2.23. The van der Waals surface area contributed by atoms with Crippen LogP contribution < -0.4 is 10.1 Å². The lowest BCUT2D eigenvalue weighted by Crippen LogP contribution is -2.43. The molecule has 0 aliphatic carbocycles. The molecule has 0 aromatic heterocycles. The Hall–Kier alpha value is -1.55. The molecule has 4 nitrogen and oxygen atoms in total. The summed E-state index contributed by atoms with van der Waals surface area (Å²) in [5.41, 5.74) is 0. The summed E-state index contributed by atoms with van der Waals surface area (Å²) in [6.07, 6.45) is -0.517. The van der Waals surface area contributed by atoms with Crippen LogP contribution in [0.2, 0.25) is 0 Å². The lowest BCUT2D eigenvalue weighted by atomic mass is 10.3. The van der Waals surface area contributed by atoms with Crippen LogP contribution in [0.5, 0.6) is 5.75 Å². The predicted molar refractivity (Wildman–Crippen MR) is 66.0 cm³/mol. The zero-order valence-electron chi connectivity index (χ0n) is 10.5. The summed E-state index contributed by atoms with van der Waals surface area (Å²) >= 11 is 0. The van der Waals surface area contributed by atoms with E-state index < -0.39 is 6.10 Å². The number of hydrogen-bond donors (Lipinski definition) is 1. The van der Waals surface area contributed by atoms with Crippen molar-refractivity contribution < 1.29 is 14.3 Å². The van der Waals surface area contributed by atoms with E-state index in [9.17, 15) is 4.79 Å². The van der Waals surface area contributed by atoms with E-state index in [2.05, 4.69) is 5.32 Å². The van der Waals surface area contributed by atoms with Gasteiger partial charge in [0.15, 0.2) is 6.10 Å². The molecule has 1 N–H and O–H groups in total. The van der Waals surface area contributed by atoms with Gasteiger partial charge in [0.2, 0.25) is 0 Å². The highest BCUT2D eigenvalue weighted by atomic mass is 16.5. The number of nitrogens with one attached hydrogen (secondary N) is 1. The first-order chi connectivity index (χ1) is 8.13. The molecule has 1 aromatic carbocycles. The van der Waals surface area contributed by atoms with Gasteiger partial charge in [0, 0.05) is 13.2 Å². The number of carbonyl (C=O) groups excluding carboxylic acids is 1. The highest BCUT2D eigenvalue weighted by Gasteiger charge is 2.16. The summed E-state index contributed by atoms with van der Waals surface area (Å²) in [4.78, 5) is 11.7. The first-order valence-electron chi connectivity index (χ1n) is 5.64. The van der Waals surface area contributed by atoms with Gasteiger partial charge in [-0.1, -0.05) is 18.2 Å². The lowest BCUT2D eigenvalue weighted by Gasteiger charge is -2.18. The zero-order chi connectivity index (χ0) is 12.7. The molecular formula is C13H19NO3. The number of amides is 1. The molecule has 0 unspecified atom stereocenters. The summed E-state index contributed by atoms with van der Waals surface area (Å²) in [7, 11) is 1.60. The van der Waals surface area contributed by atoms with Crippen LogP contribution in [0, 0.1) is 0 Å². The maximum atomic E-state index is 11.7. The lowest BCUT2D eigenvalue weighted by molar-refractivity contribution is -0.128. The molecule has 94 valence electrons. The van der Waals surface area contributed by atoms with Crippen LogP contribution in [0.15, 0.2) is 30.3 Å². The van der Waals surface area contributed by atoms with E-state index >= 15 is 0 Å². The van der Waals surface area contributed by atoms with Gasteiger partial charge >= 0.3 is 0 Å². The van der Waals surface area contributed by atoms with E-state index in [1.165, 1.54) is 0 Å². The van der Waals surface area contributed by atoms with E-state index in [-0.39, 0.29) is 11.9 Å². The number of methoxy groups -OCH3 is 1. The Balaban J connectivity index is 2.42. The van der Waals surface area contributed by atoms with Crippen molar-refractivity contribution in [2.75, 3.05) is 13.7 Å². The van der Waals surface area contributed by atoms with Crippen LogP contribution in [0.1, 0.15) is 13.8 Å². The molecule has 0 aliphatic rings. The van der Waals surface area contributed by atoms with E-state index in [0.717, 1.165) is 0 Å². The Labute approximate surface area is 102 Å². The average molecular weight is 237 g/mol. The molecule has 1 amide bonds. The number of ether oxygens (including phenoxy) is 2. The Morgan fingerprint density at radius 3 is 2.53 bits per heavy atom. The highest BCUT2D eigenvalue weighted by molar-refractivity contribution is 5.80. The first kappa shape index (κ1) is 13.5. The largest absolute Gasteiger partial charge is 0.481 e. The molecule has 0 bridgehead atoms. The van der Waals surface area contributed by atoms with Gasteiger partial charge < -0.3 is 14.8 Å². The molecule has 0 saturated carbocycles. The van der Waals surface area contributed by atoms with Crippen molar-refractivity contribution >= 4 is 5.91 Å².